The van der Waals surface area contributed by atoms with E-state index >= 15 is 0 Å². The summed E-state index contributed by atoms with van der Waals surface area (Å²) in [5.41, 5.74) is 11.5. The maximum absolute atomic E-state index is 13.1. The SMILES string of the molecule is CC(C)CC(N)C(=O)NC(CCCCN)C(=O)NC(CCC(=O)O)C(=O)N1CCCC1C(=O)O. The fourth-order valence-electron chi connectivity index (χ4n) is 3.94. The van der Waals surface area contributed by atoms with E-state index in [4.69, 9.17) is 16.6 Å². The number of amides is 3. The van der Waals surface area contributed by atoms with Gasteiger partial charge in [-0.3, -0.25) is 19.2 Å². The molecule has 8 N–H and O–H groups in total. The molecule has 1 aliphatic rings. The van der Waals surface area contributed by atoms with Crippen molar-refractivity contribution in [3.63, 3.8) is 0 Å². The van der Waals surface area contributed by atoms with Crippen LogP contribution in [0, 0.1) is 5.92 Å². The number of unbranched alkanes of at least 4 members (excludes halogenated alkanes) is 1. The van der Waals surface area contributed by atoms with E-state index in [1.165, 1.54) is 0 Å². The molecule has 194 valence electrons. The highest BCUT2D eigenvalue weighted by molar-refractivity contribution is 5.94. The number of carboxylic acid groups (broad SMARTS) is 2. The van der Waals surface area contributed by atoms with Crippen LogP contribution in [0.15, 0.2) is 0 Å². The number of aliphatic carboxylic acids is 2. The zero-order chi connectivity index (χ0) is 25.8. The molecule has 1 rings (SSSR count). The molecule has 34 heavy (non-hydrogen) atoms. The van der Waals surface area contributed by atoms with Gasteiger partial charge in [0, 0.05) is 13.0 Å². The quantitative estimate of drug-likeness (QED) is 0.163. The smallest absolute Gasteiger partial charge is 0.326 e. The first-order valence-electron chi connectivity index (χ1n) is 11.8. The Hall–Kier alpha value is -2.73. The van der Waals surface area contributed by atoms with Crippen molar-refractivity contribution >= 4 is 29.7 Å². The van der Waals surface area contributed by atoms with Crippen LogP contribution >= 0.6 is 0 Å². The van der Waals surface area contributed by atoms with Gasteiger partial charge in [0.15, 0.2) is 0 Å². The molecule has 4 atom stereocenters. The molecule has 1 heterocycles. The molecule has 0 radical (unpaired) electrons. The number of hydrogen-bond acceptors (Lipinski definition) is 7. The van der Waals surface area contributed by atoms with Crippen LogP contribution in [0.3, 0.4) is 0 Å². The molecule has 3 amide bonds. The summed E-state index contributed by atoms with van der Waals surface area (Å²) in [7, 11) is 0. The second-order valence-corrected chi connectivity index (χ2v) is 9.10. The summed E-state index contributed by atoms with van der Waals surface area (Å²) < 4.78 is 0. The van der Waals surface area contributed by atoms with Gasteiger partial charge in [-0.2, -0.15) is 0 Å². The van der Waals surface area contributed by atoms with Crippen LogP contribution in [0.1, 0.15) is 65.2 Å². The first-order valence-corrected chi connectivity index (χ1v) is 11.8. The number of likely N-dealkylation sites (tertiary alicyclic amines) is 1. The Morgan fingerprint density at radius 1 is 1.00 bits per heavy atom. The van der Waals surface area contributed by atoms with Crippen LogP contribution in [0.25, 0.3) is 0 Å². The number of nitrogens with two attached hydrogens (primary N) is 2. The van der Waals surface area contributed by atoms with Gasteiger partial charge in [-0.1, -0.05) is 13.8 Å². The zero-order valence-corrected chi connectivity index (χ0v) is 20.0. The summed E-state index contributed by atoms with van der Waals surface area (Å²) in [6.45, 7) is 4.44. The molecule has 0 aromatic rings. The number of carbonyl (C=O) groups is 5. The lowest BCUT2D eigenvalue weighted by atomic mass is 10.0. The van der Waals surface area contributed by atoms with Crippen molar-refractivity contribution in [2.24, 2.45) is 17.4 Å². The molecular formula is C22H39N5O7. The molecule has 1 aliphatic heterocycles. The van der Waals surface area contributed by atoms with Crippen molar-refractivity contribution in [1.82, 2.24) is 15.5 Å². The first kappa shape index (κ1) is 29.3. The Kier molecular flexibility index (Phi) is 12.5. The second-order valence-electron chi connectivity index (χ2n) is 9.10. The number of carboxylic acids is 2. The average Bonchev–Trinajstić information content (AvgIpc) is 3.25. The van der Waals surface area contributed by atoms with Crippen molar-refractivity contribution in [3.05, 3.63) is 0 Å². The summed E-state index contributed by atoms with van der Waals surface area (Å²) in [6, 6.07) is -4.06. The van der Waals surface area contributed by atoms with E-state index < -0.39 is 60.2 Å². The second kappa shape index (κ2) is 14.5. The summed E-state index contributed by atoms with van der Waals surface area (Å²) in [5.74, 6) is -3.94. The predicted molar refractivity (Wildman–Crippen MR) is 123 cm³/mol. The molecule has 0 aromatic heterocycles. The zero-order valence-electron chi connectivity index (χ0n) is 20.0. The van der Waals surface area contributed by atoms with Gasteiger partial charge in [0.25, 0.3) is 0 Å². The molecule has 4 unspecified atom stereocenters. The Bertz CT molecular complexity index is 730. The third-order valence-electron chi connectivity index (χ3n) is 5.72. The van der Waals surface area contributed by atoms with Gasteiger partial charge in [-0.05, 0) is 57.4 Å². The summed E-state index contributed by atoms with van der Waals surface area (Å²) in [6.07, 6.45) is 2.01. The maximum Gasteiger partial charge on any atom is 0.326 e. The highest BCUT2D eigenvalue weighted by Gasteiger charge is 2.38. The fraction of sp³-hybridized carbons (Fsp3) is 0.773. The van der Waals surface area contributed by atoms with Crippen molar-refractivity contribution < 1.29 is 34.2 Å². The molecule has 1 saturated heterocycles. The Labute approximate surface area is 199 Å². The Balaban J connectivity index is 3.00. The largest absolute Gasteiger partial charge is 0.481 e. The number of rotatable bonds is 15. The van der Waals surface area contributed by atoms with E-state index in [9.17, 15) is 29.1 Å². The van der Waals surface area contributed by atoms with Crippen LogP contribution in [-0.4, -0.2) is 82.0 Å². The minimum Gasteiger partial charge on any atom is -0.481 e. The van der Waals surface area contributed by atoms with E-state index in [0.29, 0.717) is 32.2 Å². The lowest BCUT2D eigenvalue weighted by molar-refractivity contribution is -0.150. The van der Waals surface area contributed by atoms with Gasteiger partial charge in [-0.25, -0.2) is 4.79 Å². The van der Waals surface area contributed by atoms with Gasteiger partial charge in [0.05, 0.1) is 6.04 Å². The van der Waals surface area contributed by atoms with Crippen molar-refractivity contribution in [2.45, 2.75) is 89.4 Å². The summed E-state index contributed by atoms with van der Waals surface area (Å²) in [4.78, 5) is 62.4. The van der Waals surface area contributed by atoms with E-state index in [0.717, 1.165) is 4.90 Å². The average molecular weight is 486 g/mol. The maximum atomic E-state index is 13.1. The summed E-state index contributed by atoms with van der Waals surface area (Å²) in [5, 5.41) is 23.6. The van der Waals surface area contributed by atoms with Crippen LogP contribution in [0.4, 0.5) is 0 Å². The monoisotopic (exact) mass is 485 g/mol. The number of nitrogens with one attached hydrogen (secondary N) is 2. The number of nitrogens with zero attached hydrogens (tertiary/aromatic N) is 1. The molecule has 0 bridgehead atoms. The fourth-order valence-corrected chi connectivity index (χ4v) is 3.94. The minimum absolute atomic E-state index is 0.172. The van der Waals surface area contributed by atoms with Crippen LogP contribution in [0.2, 0.25) is 0 Å². The summed E-state index contributed by atoms with van der Waals surface area (Å²) >= 11 is 0. The highest BCUT2D eigenvalue weighted by Crippen LogP contribution is 2.20. The molecule has 12 nitrogen and oxygen atoms in total. The first-order chi connectivity index (χ1) is 16.0. The molecule has 0 spiro atoms. The normalized spacial score (nSPS) is 18.3. The van der Waals surface area contributed by atoms with Gasteiger partial charge in [0.2, 0.25) is 17.7 Å². The lowest BCUT2D eigenvalue weighted by Gasteiger charge is -2.29. The van der Waals surface area contributed by atoms with Crippen molar-refractivity contribution in [1.29, 1.82) is 0 Å². The molecule has 1 fully saturated rings. The van der Waals surface area contributed by atoms with Gasteiger partial charge >= 0.3 is 11.9 Å². The van der Waals surface area contributed by atoms with Gasteiger partial charge < -0.3 is 37.2 Å². The van der Waals surface area contributed by atoms with E-state index in [1.807, 2.05) is 13.8 Å². The standard InChI is InChI=1S/C22H39N5O7/c1-13(2)12-14(24)19(30)25-15(6-3-4-10-23)20(31)26-16(8-9-18(28)29)21(32)27-11-5-7-17(27)22(33)34/h13-17H,3-12,23-24H2,1-2H3,(H,25,30)(H,26,31)(H,28,29)(H,33,34). The van der Waals surface area contributed by atoms with Crippen LogP contribution < -0.4 is 22.1 Å². The Morgan fingerprint density at radius 2 is 1.65 bits per heavy atom. The van der Waals surface area contributed by atoms with Gasteiger partial charge in [0.1, 0.15) is 18.1 Å². The van der Waals surface area contributed by atoms with E-state index in [2.05, 4.69) is 10.6 Å². The third kappa shape index (κ3) is 9.64. The van der Waals surface area contributed by atoms with Gasteiger partial charge in [-0.15, -0.1) is 0 Å². The molecule has 0 saturated carbocycles. The van der Waals surface area contributed by atoms with E-state index in [-0.39, 0.29) is 31.7 Å². The van der Waals surface area contributed by atoms with Crippen LogP contribution in [0.5, 0.6) is 0 Å². The van der Waals surface area contributed by atoms with Crippen LogP contribution in [-0.2, 0) is 24.0 Å². The molecule has 0 aliphatic carbocycles. The van der Waals surface area contributed by atoms with E-state index in [1.54, 1.807) is 0 Å². The Morgan fingerprint density at radius 3 is 2.21 bits per heavy atom. The topological polar surface area (TPSA) is 205 Å². The molecular weight excluding hydrogens is 446 g/mol. The third-order valence-corrected chi connectivity index (χ3v) is 5.72. The number of carbonyl (C=O) groups excluding carboxylic acids is 3. The predicted octanol–water partition coefficient (Wildman–Crippen LogP) is -0.601. The lowest BCUT2D eigenvalue weighted by Crippen LogP contribution is -2.57. The van der Waals surface area contributed by atoms with Crippen molar-refractivity contribution in [2.75, 3.05) is 13.1 Å². The highest BCUT2D eigenvalue weighted by atomic mass is 16.4. The minimum atomic E-state index is -1.23. The molecule has 0 aromatic carbocycles. The molecule has 12 heteroatoms. The number of hydrogen-bond donors (Lipinski definition) is 6. The van der Waals surface area contributed by atoms with Crippen molar-refractivity contribution in [3.8, 4) is 0 Å².